The van der Waals surface area contributed by atoms with Crippen LogP contribution in [0.25, 0.3) is 0 Å². The zero-order chi connectivity index (χ0) is 9.19. The fourth-order valence-corrected chi connectivity index (χ4v) is 0.629. The Kier molecular flexibility index (Phi) is 2.37. The zero-order valence-corrected chi connectivity index (χ0v) is 6.23. The van der Waals surface area contributed by atoms with Gasteiger partial charge in [-0.15, -0.1) is 13.2 Å². The number of hydrogen-bond donors (Lipinski definition) is 0. The minimum absolute atomic E-state index is 0.107. The van der Waals surface area contributed by atoms with Crippen molar-refractivity contribution in [2.45, 2.75) is 6.36 Å². The summed E-state index contributed by atoms with van der Waals surface area (Å²) in [5, 5.41) is -0.107. The molecule has 1 heterocycles. The maximum absolute atomic E-state index is 11.5. The minimum atomic E-state index is -4.75. The summed E-state index contributed by atoms with van der Waals surface area (Å²) in [5.41, 5.74) is 0. The van der Waals surface area contributed by atoms with E-state index >= 15 is 0 Å². The van der Waals surface area contributed by atoms with Crippen LogP contribution >= 0.6 is 11.6 Å². The normalized spacial score (nSPS) is 11.3. The zero-order valence-electron chi connectivity index (χ0n) is 5.47. The van der Waals surface area contributed by atoms with Crippen LogP contribution in [-0.4, -0.2) is 16.3 Å². The van der Waals surface area contributed by atoms with Crippen molar-refractivity contribution in [3.05, 3.63) is 17.5 Å². The molecule has 7 heteroatoms. The quantitative estimate of drug-likeness (QED) is 0.648. The number of halogens is 4. The molecule has 0 atom stereocenters. The fraction of sp³-hybridized carbons (Fsp3) is 0.200. The molecule has 0 saturated carbocycles. The van der Waals surface area contributed by atoms with Crippen molar-refractivity contribution in [2.24, 2.45) is 0 Å². The Morgan fingerprint density at radius 2 is 2.00 bits per heavy atom. The molecule has 1 rings (SSSR count). The van der Waals surface area contributed by atoms with E-state index in [4.69, 9.17) is 11.6 Å². The van der Waals surface area contributed by atoms with Gasteiger partial charge < -0.3 is 4.74 Å². The van der Waals surface area contributed by atoms with E-state index in [1.54, 1.807) is 0 Å². The number of nitrogens with zero attached hydrogens (tertiary/aromatic N) is 2. The van der Waals surface area contributed by atoms with Gasteiger partial charge in [0.2, 0.25) is 5.88 Å². The molecule has 12 heavy (non-hydrogen) atoms. The van der Waals surface area contributed by atoms with Crippen LogP contribution in [0, 0.1) is 0 Å². The third-order valence-corrected chi connectivity index (χ3v) is 1.04. The van der Waals surface area contributed by atoms with Crippen LogP contribution < -0.4 is 4.74 Å². The lowest BCUT2D eigenvalue weighted by atomic mass is 10.6. The third kappa shape index (κ3) is 2.91. The van der Waals surface area contributed by atoms with Gasteiger partial charge in [0.25, 0.3) is 0 Å². The first-order valence-electron chi connectivity index (χ1n) is 2.71. The topological polar surface area (TPSA) is 35.0 Å². The second-order valence-electron chi connectivity index (χ2n) is 1.73. The molecule has 0 unspecified atom stereocenters. The van der Waals surface area contributed by atoms with Gasteiger partial charge in [-0.2, -0.15) is 0 Å². The van der Waals surface area contributed by atoms with E-state index < -0.39 is 12.2 Å². The Hall–Kier alpha value is -1.04. The summed E-state index contributed by atoms with van der Waals surface area (Å²) in [6.45, 7) is 0. The summed E-state index contributed by atoms with van der Waals surface area (Å²) in [6, 6.07) is 0.870. The lowest BCUT2D eigenvalue weighted by Gasteiger charge is -2.06. The molecule has 0 saturated heterocycles. The molecular weight excluding hydrogens is 197 g/mol. The van der Waals surface area contributed by atoms with E-state index in [9.17, 15) is 13.2 Å². The van der Waals surface area contributed by atoms with Crippen LogP contribution in [0.5, 0.6) is 5.88 Å². The third-order valence-electron chi connectivity index (χ3n) is 0.829. The van der Waals surface area contributed by atoms with E-state index in [1.165, 1.54) is 0 Å². The van der Waals surface area contributed by atoms with E-state index in [1.807, 2.05) is 0 Å². The predicted molar refractivity (Wildman–Crippen MR) is 33.7 cm³/mol. The standard InChI is InChI=1S/C5H2ClF3N2O/c6-3-1-4(11-2-10-3)12-5(7,8)9/h1-2H. The summed E-state index contributed by atoms with van der Waals surface area (Å²) < 4.78 is 38.1. The second kappa shape index (κ2) is 3.14. The highest BCUT2D eigenvalue weighted by molar-refractivity contribution is 6.29. The van der Waals surface area contributed by atoms with E-state index in [-0.39, 0.29) is 5.15 Å². The Bertz CT molecular complexity index is 278. The first-order valence-corrected chi connectivity index (χ1v) is 3.08. The Morgan fingerprint density at radius 3 is 2.50 bits per heavy atom. The Balaban J connectivity index is 2.77. The van der Waals surface area contributed by atoms with Crippen molar-refractivity contribution in [3.63, 3.8) is 0 Å². The van der Waals surface area contributed by atoms with Crippen molar-refractivity contribution >= 4 is 11.6 Å². The SMILES string of the molecule is FC(F)(F)Oc1cc(Cl)ncn1. The van der Waals surface area contributed by atoms with Gasteiger partial charge in [0.15, 0.2) is 0 Å². The highest BCUT2D eigenvalue weighted by Gasteiger charge is 2.31. The number of hydrogen-bond acceptors (Lipinski definition) is 3. The lowest BCUT2D eigenvalue weighted by molar-refractivity contribution is -0.276. The molecule has 0 fully saturated rings. The maximum atomic E-state index is 11.5. The van der Waals surface area contributed by atoms with Gasteiger partial charge in [-0.3, -0.25) is 0 Å². The van der Waals surface area contributed by atoms with Gasteiger partial charge in [-0.25, -0.2) is 9.97 Å². The average molecular weight is 199 g/mol. The molecule has 0 aromatic carbocycles. The largest absolute Gasteiger partial charge is 0.574 e. The summed E-state index contributed by atoms with van der Waals surface area (Å²) in [4.78, 5) is 6.56. The van der Waals surface area contributed by atoms with Gasteiger partial charge in [0.1, 0.15) is 11.5 Å². The van der Waals surface area contributed by atoms with Gasteiger partial charge in [0.05, 0.1) is 0 Å². The van der Waals surface area contributed by atoms with Crippen molar-refractivity contribution in [2.75, 3.05) is 0 Å². The molecule has 0 aliphatic heterocycles. The monoisotopic (exact) mass is 198 g/mol. The molecule has 0 spiro atoms. The Morgan fingerprint density at radius 1 is 1.33 bits per heavy atom. The van der Waals surface area contributed by atoms with Crippen molar-refractivity contribution < 1.29 is 17.9 Å². The predicted octanol–water partition coefficient (Wildman–Crippen LogP) is 2.03. The van der Waals surface area contributed by atoms with Crippen molar-refractivity contribution in [3.8, 4) is 5.88 Å². The fourth-order valence-electron chi connectivity index (χ4n) is 0.492. The van der Waals surface area contributed by atoms with E-state index in [0.29, 0.717) is 0 Å². The van der Waals surface area contributed by atoms with Crippen LogP contribution in [0.3, 0.4) is 0 Å². The number of aromatic nitrogens is 2. The molecule has 3 nitrogen and oxygen atoms in total. The second-order valence-corrected chi connectivity index (χ2v) is 2.11. The smallest absolute Gasteiger partial charge is 0.388 e. The molecule has 1 aromatic rings. The van der Waals surface area contributed by atoms with Gasteiger partial charge in [-0.1, -0.05) is 11.6 Å². The summed E-state index contributed by atoms with van der Waals surface area (Å²) in [6.07, 6.45) is -3.87. The highest BCUT2D eigenvalue weighted by atomic mass is 35.5. The molecule has 0 amide bonds. The minimum Gasteiger partial charge on any atom is -0.388 e. The highest BCUT2D eigenvalue weighted by Crippen LogP contribution is 2.21. The van der Waals surface area contributed by atoms with E-state index in [2.05, 4.69) is 14.7 Å². The van der Waals surface area contributed by atoms with Crippen LogP contribution in [0.1, 0.15) is 0 Å². The lowest BCUT2D eigenvalue weighted by Crippen LogP contribution is -2.17. The first-order chi connectivity index (χ1) is 5.47. The summed E-state index contributed by atoms with van der Waals surface area (Å²) in [5.74, 6) is -0.623. The molecule has 0 aliphatic rings. The number of rotatable bonds is 1. The summed E-state index contributed by atoms with van der Waals surface area (Å²) >= 11 is 5.28. The molecule has 1 aromatic heterocycles. The number of ether oxygens (including phenoxy) is 1. The van der Waals surface area contributed by atoms with Crippen molar-refractivity contribution in [1.82, 2.24) is 9.97 Å². The van der Waals surface area contributed by atoms with Crippen LogP contribution in [-0.2, 0) is 0 Å². The maximum Gasteiger partial charge on any atom is 0.574 e. The summed E-state index contributed by atoms with van der Waals surface area (Å²) in [7, 11) is 0. The molecular formula is C5H2ClF3N2O. The van der Waals surface area contributed by atoms with E-state index in [0.717, 1.165) is 12.4 Å². The van der Waals surface area contributed by atoms with Crippen LogP contribution in [0.15, 0.2) is 12.4 Å². The van der Waals surface area contributed by atoms with Gasteiger partial charge in [0, 0.05) is 6.07 Å². The first kappa shape index (κ1) is 9.05. The molecule has 0 radical (unpaired) electrons. The molecule has 0 bridgehead atoms. The molecule has 66 valence electrons. The van der Waals surface area contributed by atoms with Gasteiger partial charge >= 0.3 is 6.36 Å². The average Bonchev–Trinajstić information content (AvgIpc) is 1.82. The molecule has 0 aliphatic carbocycles. The van der Waals surface area contributed by atoms with Crippen molar-refractivity contribution in [1.29, 1.82) is 0 Å². The van der Waals surface area contributed by atoms with Gasteiger partial charge in [-0.05, 0) is 0 Å². The Labute approximate surface area is 70.1 Å². The van der Waals surface area contributed by atoms with Crippen LogP contribution in [0.2, 0.25) is 5.15 Å². The molecule has 0 N–H and O–H groups in total. The van der Waals surface area contributed by atoms with Crippen LogP contribution in [0.4, 0.5) is 13.2 Å². The number of alkyl halides is 3.